The van der Waals surface area contributed by atoms with Crippen molar-refractivity contribution in [3.63, 3.8) is 0 Å². The number of hydrogen-bond donors (Lipinski definition) is 1. The highest BCUT2D eigenvalue weighted by molar-refractivity contribution is 7.90. The molecule has 1 heterocycles. The Kier molecular flexibility index (Phi) is 2.43. The van der Waals surface area contributed by atoms with E-state index < -0.39 is 9.84 Å². The molecule has 0 atom stereocenters. The zero-order chi connectivity index (χ0) is 11.8. The Morgan fingerprint density at radius 1 is 1.31 bits per heavy atom. The first-order chi connectivity index (χ1) is 7.48. The van der Waals surface area contributed by atoms with Gasteiger partial charge in [-0.3, -0.25) is 0 Å². The Bertz CT molecular complexity index is 616. The fourth-order valence-corrected chi connectivity index (χ4v) is 2.30. The SMILES string of the molecule is CS(=O)(=O)c1ccccc1-n1cc(N)cn1. The van der Waals surface area contributed by atoms with E-state index in [1.54, 1.807) is 30.5 Å². The Morgan fingerprint density at radius 2 is 2.00 bits per heavy atom. The third-order valence-electron chi connectivity index (χ3n) is 2.11. The predicted molar refractivity (Wildman–Crippen MR) is 61.1 cm³/mol. The second kappa shape index (κ2) is 3.64. The highest BCUT2D eigenvalue weighted by Crippen LogP contribution is 2.19. The second-order valence-corrected chi connectivity index (χ2v) is 5.44. The number of benzene rings is 1. The first-order valence-corrected chi connectivity index (χ1v) is 6.47. The monoisotopic (exact) mass is 237 g/mol. The summed E-state index contributed by atoms with van der Waals surface area (Å²) in [6.07, 6.45) is 4.21. The van der Waals surface area contributed by atoms with Gasteiger partial charge in [-0.1, -0.05) is 12.1 Å². The summed E-state index contributed by atoms with van der Waals surface area (Å²) in [5.74, 6) is 0. The lowest BCUT2D eigenvalue weighted by Crippen LogP contribution is -2.05. The number of anilines is 1. The van der Waals surface area contributed by atoms with Gasteiger partial charge in [0.15, 0.2) is 9.84 Å². The third kappa shape index (κ3) is 1.92. The summed E-state index contributed by atoms with van der Waals surface area (Å²) in [4.78, 5) is 0.234. The zero-order valence-electron chi connectivity index (χ0n) is 8.66. The van der Waals surface area contributed by atoms with Crippen LogP contribution in [0.25, 0.3) is 5.69 Å². The first kappa shape index (κ1) is 10.7. The van der Waals surface area contributed by atoms with Crippen LogP contribution < -0.4 is 5.73 Å². The van der Waals surface area contributed by atoms with E-state index in [2.05, 4.69) is 5.10 Å². The molecule has 0 amide bonds. The van der Waals surface area contributed by atoms with Crippen LogP contribution in [-0.4, -0.2) is 24.5 Å². The molecule has 0 saturated heterocycles. The van der Waals surface area contributed by atoms with E-state index >= 15 is 0 Å². The Labute approximate surface area is 93.4 Å². The summed E-state index contributed by atoms with van der Waals surface area (Å²) in [5.41, 5.74) is 6.53. The lowest BCUT2D eigenvalue weighted by molar-refractivity contribution is 0.601. The average Bonchev–Trinajstić information content (AvgIpc) is 2.64. The quantitative estimate of drug-likeness (QED) is 0.840. The maximum Gasteiger partial charge on any atom is 0.177 e. The minimum absolute atomic E-state index is 0.234. The fraction of sp³-hybridized carbons (Fsp3) is 0.100. The highest BCUT2D eigenvalue weighted by Gasteiger charge is 2.14. The van der Waals surface area contributed by atoms with Crippen LogP contribution >= 0.6 is 0 Å². The number of nitrogen functional groups attached to an aromatic ring is 1. The molecule has 2 rings (SSSR count). The molecule has 5 nitrogen and oxygen atoms in total. The third-order valence-corrected chi connectivity index (χ3v) is 3.26. The molecule has 2 aromatic rings. The van der Waals surface area contributed by atoms with E-state index in [4.69, 9.17) is 5.73 Å². The number of hydrogen-bond acceptors (Lipinski definition) is 4. The van der Waals surface area contributed by atoms with Crippen LogP contribution in [0.2, 0.25) is 0 Å². The molecule has 0 saturated carbocycles. The van der Waals surface area contributed by atoms with Crippen molar-refractivity contribution in [2.75, 3.05) is 12.0 Å². The van der Waals surface area contributed by atoms with Crippen molar-refractivity contribution < 1.29 is 8.42 Å². The Balaban J connectivity index is 2.66. The highest BCUT2D eigenvalue weighted by atomic mass is 32.2. The maximum atomic E-state index is 11.6. The van der Waals surface area contributed by atoms with Gasteiger partial charge in [0.25, 0.3) is 0 Å². The normalized spacial score (nSPS) is 11.6. The molecule has 0 radical (unpaired) electrons. The molecule has 16 heavy (non-hydrogen) atoms. The van der Waals surface area contributed by atoms with Gasteiger partial charge >= 0.3 is 0 Å². The molecular weight excluding hydrogens is 226 g/mol. The second-order valence-electron chi connectivity index (χ2n) is 3.46. The summed E-state index contributed by atoms with van der Waals surface area (Å²) >= 11 is 0. The number of nitrogens with two attached hydrogens (primary N) is 1. The van der Waals surface area contributed by atoms with Gasteiger partial charge in [-0.15, -0.1) is 0 Å². The van der Waals surface area contributed by atoms with Crippen LogP contribution in [0.3, 0.4) is 0 Å². The van der Waals surface area contributed by atoms with Crippen LogP contribution in [0.1, 0.15) is 0 Å². The summed E-state index contributed by atoms with van der Waals surface area (Å²) in [5, 5.41) is 3.99. The van der Waals surface area contributed by atoms with Crippen molar-refractivity contribution in [3.05, 3.63) is 36.7 Å². The van der Waals surface area contributed by atoms with Crippen molar-refractivity contribution in [1.29, 1.82) is 0 Å². The molecule has 6 heteroatoms. The lowest BCUT2D eigenvalue weighted by Gasteiger charge is -2.06. The van der Waals surface area contributed by atoms with Gasteiger partial charge in [0.05, 0.1) is 28.7 Å². The summed E-state index contributed by atoms with van der Waals surface area (Å²) in [6, 6.07) is 6.65. The first-order valence-electron chi connectivity index (χ1n) is 4.58. The molecule has 0 spiro atoms. The number of para-hydroxylation sites is 1. The van der Waals surface area contributed by atoms with Crippen molar-refractivity contribution >= 4 is 15.5 Å². The number of nitrogens with zero attached hydrogens (tertiary/aromatic N) is 2. The molecule has 1 aromatic carbocycles. The van der Waals surface area contributed by atoms with Crippen LogP contribution in [0, 0.1) is 0 Å². The van der Waals surface area contributed by atoms with Crippen LogP contribution in [0.15, 0.2) is 41.6 Å². The van der Waals surface area contributed by atoms with Crippen molar-refractivity contribution in [3.8, 4) is 5.69 Å². The average molecular weight is 237 g/mol. The van der Waals surface area contributed by atoms with Gasteiger partial charge in [-0.05, 0) is 12.1 Å². The topological polar surface area (TPSA) is 78.0 Å². The smallest absolute Gasteiger partial charge is 0.177 e. The van der Waals surface area contributed by atoms with E-state index in [9.17, 15) is 8.42 Å². The Hall–Kier alpha value is -1.82. The van der Waals surface area contributed by atoms with Gasteiger partial charge in [0.2, 0.25) is 0 Å². The van der Waals surface area contributed by atoms with E-state index in [1.807, 2.05) is 0 Å². The van der Waals surface area contributed by atoms with E-state index in [-0.39, 0.29) is 4.90 Å². The molecule has 0 fully saturated rings. The summed E-state index contributed by atoms with van der Waals surface area (Å²) < 4.78 is 24.6. The lowest BCUT2D eigenvalue weighted by atomic mass is 10.3. The maximum absolute atomic E-state index is 11.6. The van der Waals surface area contributed by atoms with Crippen molar-refractivity contribution in [2.45, 2.75) is 4.90 Å². The molecule has 1 aromatic heterocycles. The summed E-state index contributed by atoms with van der Waals surface area (Å²) in [7, 11) is -3.27. The van der Waals surface area contributed by atoms with Gasteiger partial charge < -0.3 is 5.73 Å². The molecule has 2 N–H and O–H groups in total. The van der Waals surface area contributed by atoms with Crippen LogP contribution in [0.5, 0.6) is 0 Å². The van der Waals surface area contributed by atoms with Gasteiger partial charge in [-0.2, -0.15) is 5.10 Å². The largest absolute Gasteiger partial charge is 0.396 e. The zero-order valence-corrected chi connectivity index (χ0v) is 9.48. The Morgan fingerprint density at radius 3 is 2.56 bits per heavy atom. The van der Waals surface area contributed by atoms with Crippen LogP contribution in [-0.2, 0) is 9.84 Å². The van der Waals surface area contributed by atoms with Gasteiger partial charge in [-0.25, -0.2) is 13.1 Å². The molecule has 0 aliphatic carbocycles. The number of aromatic nitrogens is 2. The molecule has 0 bridgehead atoms. The number of sulfone groups is 1. The predicted octanol–water partition coefficient (Wildman–Crippen LogP) is 0.858. The standard InChI is InChI=1S/C10H11N3O2S/c1-16(14,15)10-5-3-2-4-9(10)13-7-8(11)6-12-13/h2-7H,11H2,1H3. The molecule has 0 aliphatic heterocycles. The van der Waals surface area contributed by atoms with Crippen LogP contribution in [0.4, 0.5) is 5.69 Å². The number of rotatable bonds is 2. The van der Waals surface area contributed by atoms with E-state index in [0.29, 0.717) is 11.4 Å². The minimum atomic E-state index is -3.27. The fourth-order valence-electron chi connectivity index (χ4n) is 1.43. The van der Waals surface area contributed by atoms with Crippen molar-refractivity contribution in [1.82, 2.24) is 9.78 Å². The minimum Gasteiger partial charge on any atom is -0.396 e. The van der Waals surface area contributed by atoms with Gasteiger partial charge in [0, 0.05) is 6.26 Å². The summed E-state index contributed by atoms with van der Waals surface area (Å²) in [6.45, 7) is 0. The molecule has 84 valence electrons. The van der Waals surface area contributed by atoms with E-state index in [0.717, 1.165) is 0 Å². The van der Waals surface area contributed by atoms with Crippen molar-refractivity contribution in [2.24, 2.45) is 0 Å². The molecule has 0 unspecified atom stereocenters. The van der Waals surface area contributed by atoms with Gasteiger partial charge in [0.1, 0.15) is 0 Å². The van der Waals surface area contributed by atoms with E-state index in [1.165, 1.54) is 17.1 Å². The molecule has 0 aliphatic rings. The molecular formula is C10H11N3O2S.